The molecule has 3 aromatic rings. The van der Waals surface area contributed by atoms with Crippen LogP contribution in [0.15, 0.2) is 83.0 Å². The summed E-state index contributed by atoms with van der Waals surface area (Å²) in [7, 11) is 0. The zero-order valence-electron chi connectivity index (χ0n) is 20.4. The molecular formula is C29H26ClN3O4. The van der Waals surface area contributed by atoms with E-state index in [9.17, 15) is 14.7 Å². The number of benzene rings is 3. The average molecular weight is 516 g/mol. The Morgan fingerprint density at radius 2 is 1.57 bits per heavy atom. The van der Waals surface area contributed by atoms with Crippen LogP contribution in [-0.4, -0.2) is 34.6 Å². The summed E-state index contributed by atoms with van der Waals surface area (Å²) in [4.78, 5) is 24.3. The summed E-state index contributed by atoms with van der Waals surface area (Å²) in [5.74, 6) is -0.759. The summed E-state index contributed by atoms with van der Waals surface area (Å²) in [6.07, 6.45) is 0.250. The molecule has 0 bridgehead atoms. The molecule has 37 heavy (non-hydrogen) atoms. The number of amides is 1. The maximum atomic E-state index is 12.7. The smallest absolute Gasteiger partial charge is 0.408 e. The monoisotopic (exact) mass is 515 g/mol. The average Bonchev–Trinajstić information content (AvgIpc) is 3.64. The molecule has 3 aromatic carbocycles. The van der Waals surface area contributed by atoms with Crippen molar-refractivity contribution in [3.05, 3.63) is 94.5 Å². The van der Waals surface area contributed by atoms with Crippen molar-refractivity contribution >= 4 is 35.1 Å². The van der Waals surface area contributed by atoms with E-state index in [0.29, 0.717) is 29.3 Å². The fourth-order valence-corrected chi connectivity index (χ4v) is 4.88. The van der Waals surface area contributed by atoms with Gasteiger partial charge in [-0.15, -0.1) is 0 Å². The van der Waals surface area contributed by atoms with Gasteiger partial charge in [0.1, 0.15) is 12.1 Å². The molecule has 1 aliphatic carbocycles. The summed E-state index contributed by atoms with van der Waals surface area (Å²) < 4.78 is 5.56. The first kappa shape index (κ1) is 24.7. The minimum atomic E-state index is -0.759. The van der Waals surface area contributed by atoms with Crippen LogP contribution in [0.25, 0.3) is 11.1 Å². The SMILES string of the molecule is CC1=NN=C(c2ccc(-c3ccc(C4(C(=O)O)CC4)cc3)cc2)[C@@H]1NC(=O)OC(C)c1ccccc1Cl. The van der Waals surface area contributed by atoms with Crippen LogP contribution in [0.1, 0.15) is 49.5 Å². The van der Waals surface area contributed by atoms with E-state index in [1.165, 1.54) is 0 Å². The number of carboxylic acids is 1. The number of nitrogens with zero attached hydrogens (tertiary/aromatic N) is 2. The number of hydrogen-bond acceptors (Lipinski definition) is 5. The molecule has 7 nitrogen and oxygen atoms in total. The molecule has 2 atom stereocenters. The number of alkyl carbamates (subject to hydrolysis) is 1. The van der Waals surface area contributed by atoms with Crippen LogP contribution in [0.3, 0.4) is 0 Å². The molecule has 1 amide bonds. The van der Waals surface area contributed by atoms with E-state index in [1.54, 1.807) is 19.9 Å². The first-order valence-corrected chi connectivity index (χ1v) is 12.4. The van der Waals surface area contributed by atoms with Gasteiger partial charge in [-0.3, -0.25) is 4.79 Å². The second kappa shape index (κ2) is 9.82. The number of hydrogen-bond donors (Lipinski definition) is 2. The van der Waals surface area contributed by atoms with Crippen LogP contribution in [0, 0.1) is 0 Å². The van der Waals surface area contributed by atoms with E-state index in [1.807, 2.05) is 66.7 Å². The molecule has 5 rings (SSSR count). The van der Waals surface area contributed by atoms with Gasteiger partial charge in [-0.25, -0.2) is 4.79 Å². The Labute approximate surface area is 219 Å². The largest absolute Gasteiger partial charge is 0.481 e. The predicted molar refractivity (Wildman–Crippen MR) is 143 cm³/mol. The third kappa shape index (κ3) is 4.87. The maximum Gasteiger partial charge on any atom is 0.408 e. The molecule has 1 fully saturated rings. The lowest BCUT2D eigenvalue weighted by Gasteiger charge is -2.19. The van der Waals surface area contributed by atoms with Crippen molar-refractivity contribution in [1.82, 2.24) is 5.32 Å². The third-order valence-corrected chi connectivity index (χ3v) is 7.35. The second-order valence-corrected chi connectivity index (χ2v) is 9.82. The Kier molecular flexibility index (Phi) is 6.56. The van der Waals surface area contributed by atoms with Crippen molar-refractivity contribution in [3.63, 3.8) is 0 Å². The van der Waals surface area contributed by atoms with Gasteiger partial charge < -0.3 is 15.2 Å². The summed E-state index contributed by atoms with van der Waals surface area (Å²) in [5.41, 5.74) is 4.95. The Bertz CT molecular complexity index is 1410. The first-order valence-electron chi connectivity index (χ1n) is 12.1. The van der Waals surface area contributed by atoms with Crippen molar-refractivity contribution in [2.45, 2.75) is 44.2 Å². The zero-order chi connectivity index (χ0) is 26.2. The highest BCUT2D eigenvalue weighted by molar-refractivity contribution is 6.31. The Balaban J connectivity index is 1.26. The molecule has 0 saturated heterocycles. The molecule has 0 spiro atoms. The van der Waals surface area contributed by atoms with Gasteiger partial charge in [0.2, 0.25) is 0 Å². The number of halogens is 1. The third-order valence-electron chi connectivity index (χ3n) is 7.01. The van der Waals surface area contributed by atoms with E-state index in [-0.39, 0.29) is 0 Å². The predicted octanol–water partition coefficient (Wildman–Crippen LogP) is 6.16. The van der Waals surface area contributed by atoms with Gasteiger partial charge in [0.05, 0.1) is 16.8 Å². The number of rotatable bonds is 7. The molecule has 188 valence electrons. The number of ether oxygens (including phenoxy) is 1. The molecule has 8 heteroatoms. The van der Waals surface area contributed by atoms with E-state index in [0.717, 1.165) is 27.8 Å². The maximum absolute atomic E-state index is 12.7. The van der Waals surface area contributed by atoms with Gasteiger partial charge >= 0.3 is 12.1 Å². The standard InChI is InChI=1S/C29H26ClN3O4/c1-17-25(31-28(36)37-18(2)23-5-3-4-6-24(23)30)26(33-32-17)21-9-7-19(8-10-21)20-11-13-22(14-12-20)29(15-16-29)27(34)35/h3-14,18,25H,15-16H2,1-2H3,(H,31,36)(H,34,35)/t18?,25-/m1/s1. The number of carboxylic acid groups (broad SMARTS) is 1. The number of carbonyl (C=O) groups excluding carboxylic acids is 1. The fourth-order valence-electron chi connectivity index (χ4n) is 4.59. The lowest BCUT2D eigenvalue weighted by Crippen LogP contribution is -2.44. The van der Waals surface area contributed by atoms with Crippen LogP contribution in [0.5, 0.6) is 0 Å². The van der Waals surface area contributed by atoms with Crippen LogP contribution >= 0.6 is 11.6 Å². The summed E-state index contributed by atoms with van der Waals surface area (Å²) >= 11 is 6.23. The molecular weight excluding hydrogens is 490 g/mol. The zero-order valence-corrected chi connectivity index (χ0v) is 21.2. The fraction of sp³-hybridized carbons (Fsp3) is 0.241. The van der Waals surface area contributed by atoms with Gasteiger partial charge in [0, 0.05) is 16.1 Å². The Hall–Kier alpha value is -3.97. The summed E-state index contributed by atoms with van der Waals surface area (Å²) in [6.45, 7) is 3.57. The highest BCUT2D eigenvalue weighted by atomic mass is 35.5. The normalized spacial score (nSPS) is 18.4. The molecule has 1 saturated carbocycles. The number of carbonyl (C=O) groups is 2. The van der Waals surface area contributed by atoms with Gasteiger partial charge in [0.15, 0.2) is 0 Å². The van der Waals surface area contributed by atoms with Crippen LogP contribution in [0.2, 0.25) is 5.02 Å². The Morgan fingerprint density at radius 1 is 0.973 bits per heavy atom. The van der Waals surface area contributed by atoms with E-state index >= 15 is 0 Å². The van der Waals surface area contributed by atoms with Gasteiger partial charge in [-0.1, -0.05) is 78.3 Å². The van der Waals surface area contributed by atoms with Crippen molar-refractivity contribution in [2.75, 3.05) is 0 Å². The van der Waals surface area contributed by atoms with Crippen LogP contribution in [-0.2, 0) is 14.9 Å². The topological polar surface area (TPSA) is 100 Å². The van der Waals surface area contributed by atoms with Crippen molar-refractivity contribution in [2.24, 2.45) is 10.2 Å². The lowest BCUT2D eigenvalue weighted by atomic mass is 9.93. The van der Waals surface area contributed by atoms with Crippen molar-refractivity contribution in [3.8, 4) is 11.1 Å². The van der Waals surface area contributed by atoms with E-state index < -0.39 is 29.6 Å². The van der Waals surface area contributed by atoms with Crippen molar-refractivity contribution in [1.29, 1.82) is 0 Å². The first-order chi connectivity index (χ1) is 17.8. The highest BCUT2D eigenvalue weighted by Gasteiger charge is 2.51. The summed E-state index contributed by atoms with van der Waals surface area (Å²) in [5, 5.41) is 21.4. The van der Waals surface area contributed by atoms with Gasteiger partial charge in [-0.05, 0) is 49.4 Å². The van der Waals surface area contributed by atoms with Crippen LogP contribution < -0.4 is 5.32 Å². The van der Waals surface area contributed by atoms with E-state index in [2.05, 4.69) is 15.5 Å². The number of nitrogens with one attached hydrogen (secondary N) is 1. The minimum Gasteiger partial charge on any atom is -0.481 e. The van der Waals surface area contributed by atoms with Crippen LogP contribution in [0.4, 0.5) is 4.79 Å². The Morgan fingerprint density at radius 3 is 2.16 bits per heavy atom. The molecule has 0 radical (unpaired) electrons. The van der Waals surface area contributed by atoms with Gasteiger partial charge in [0.25, 0.3) is 0 Å². The number of aliphatic carboxylic acids is 1. The highest BCUT2D eigenvalue weighted by Crippen LogP contribution is 2.48. The summed E-state index contributed by atoms with van der Waals surface area (Å²) in [6, 6.07) is 22.2. The molecule has 1 heterocycles. The van der Waals surface area contributed by atoms with E-state index in [4.69, 9.17) is 16.3 Å². The quantitative estimate of drug-likeness (QED) is 0.393. The second-order valence-electron chi connectivity index (χ2n) is 9.41. The molecule has 2 aliphatic rings. The molecule has 1 unspecified atom stereocenters. The van der Waals surface area contributed by atoms with Crippen molar-refractivity contribution < 1.29 is 19.4 Å². The van der Waals surface area contributed by atoms with Gasteiger partial charge in [-0.2, -0.15) is 10.2 Å². The molecule has 2 N–H and O–H groups in total. The lowest BCUT2D eigenvalue weighted by molar-refractivity contribution is -0.140. The molecule has 0 aromatic heterocycles. The minimum absolute atomic E-state index is 0.512. The molecule has 1 aliphatic heterocycles.